The standard InChI is InChI=1S/C14H27N5O/c1-11(2)9-19-13(16-10-17-19)8-12(18-15)14(3)6-4-5-7-20-14/h10-12,18H,4-9,15H2,1-3H3. The monoisotopic (exact) mass is 281 g/mol. The third-order valence-electron chi connectivity index (χ3n) is 4.06. The molecule has 0 radical (unpaired) electrons. The maximum atomic E-state index is 5.99. The molecule has 1 fully saturated rings. The second kappa shape index (κ2) is 6.65. The Morgan fingerprint density at radius 1 is 1.50 bits per heavy atom. The van der Waals surface area contributed by atoms with E-state index in [0.29, 0.717) is 5.92 Å². The van der Waals surface area contributed by atoms with Crippen molar-refractivity contribution in [2.24, 2.45) is 11.8 Å². The first-order valence-corrected chi connectivity index (χ1v) is 7.52. The molecule has 1 aliphatic heterocycles. The molecule has 0 spiro atoms. The minimum atomic E-state index is -0.221. The molecule has 0 aliphatic carbocycles. The molecule has 0 bridgehead atoms. The number of nitrogens with zero attached hydrogens (tertiary/aromatic N) is 3. The second-order valence-electron chi connectivity index (χ2n) is 6.29. The summed E-state index contributed by atoms with van der Waals surface area (Å²) in [5.74, 6) is 7.28. The van der Waals surface area contributed by atoms with Gasteiger partial charge in [0.2, 0.25) is 0 Å². The molecular weight excluding hydrogens is 254 g/mol. The van der Waals surface area contributed by atoms with Gasteiger partial charge in [-0.05, 0) is 32.1 Å². The van der Waals surface area contributed by atoms with Gasteiger partial charge in [-0.25, -0.2) is 9.67 Å². The summed E-state index contributed by atoms with van der Waals surface area (Å²) >= 11 is 0. The van der Waals surface area contributed by atoms with Crippen LogP contribution in [0.4, 0.5) is 0 Å². The zero-order valence-corrected chi connectivity index (χ0v) is 12.8. The van der Waals surface area contributed by atoms with Crippen LogP contribution >= 0.6 is 0 Å². The highest BCUT2D eigenvalue weighted by molar-refractivity contribution is 4.98. The van der Waals surface area contributed by atoms with Gasteiger partial charge in [-0.1, -0.05) is 13.8 Å². The molecule has 2 atom stereocenters. The van der Waals surface area contributed by atoms with Crippen molar-refractivity contribution in [3.63, 3.8) is 0 Å². The average Bonchev–Trinajstić information content (AvgIpc) is 2.83. The van der Waals surface area contributed by atoms with Crippen LogP contribution in [-0.2, 0) is 17.7 Å². The van der Waals surface area contributed by atoms with Gasteiger partial charge in [0, 0.05) is 19.6 Å². The molecule has 6 nitrogen and oxygen atoms in total. The van der Waals surface area contributed by atoms with Crippen LogP contribution in [0.25, 0.3) is 0 Å². The maximum Gasteiger partial charge on any atom is 0.138 e. The Labute approximate surface area is 121 Å². The molecule has 0 saturated carbocycles. The van der Waals surface area contributed by atoms with Crippen molar-refractivity contribution in [3.8, 4) is 0 Å². The smallest absolute Gasteiger partial charge is 0.138 e. The summed E-state index contributed by atoms with van der Waals surface area (Å²) in [7, 11) is 0. The van der Waals surface area contributed by atoms with Crippen LogP contribution < -0.4 is 11.3 Å². The normalized spacial score (nSPS) is 25.1. The number of hydrogen-bond donors (Lipinski definition) is 2. The predicted molar refractivity (Wildman–Crippen MR) is 77.9 cm³/mol. The number of hydrazine groups is 1. The Bertz CT molecular complexity index is 411. The van der Waals surface area contributed by atoms with Gasteiger partial charge in [-0.15, -0.1) is 0 Å². The van der Waals surface area contributed by atoms with Gasteiger partial charge in [0.25, 0.3) is 0 Å². The fourth-order valence-electron chi connectivity index (χ4n) is 2.81. The van der Waals surface area contributed by atoms with Crippen LogP contribution in [0.3, 0.4) is 0 Å². The molecule has 0 aromatic carbocycles. The zero-order valence-electron chi connectivity index (χ0n) is 12.8. The summed E-state index contributed by atoms with van der Waals surface area (Å²) in [6.45, 7) is 8.18. The first-order valence-electron chi connectivity index (χ1n) is 7.52. The van der Waals surface area contributed by atoms with Crippen LogP contribution in [0.1, 0.15) is 45.9 Å². The average molecular weight is 281 g/mol. The van der Waals surface area contributed by atoms with Crippen molar-refractivity contribution >= 4 is 0 Å². The molecule has 2 rings (SSSR count). The van der Waals surface area contributed by atoms with Gasteiger partial charge < -0.3 is 4.74 Å². The summed E-state index contributed by atoms with van der Waals surface area (Å²) in [5.41, 5.74) is 2.70. The molecule has 1 saturated heterocycles. The Morgan fingerprint density at radius 2 is 2.30 bits per heavy atom. The molecular formula is C14H27N5O. The maximum absolute atomic E-state index is 5.99. The summed E-state index contributed by atoms with van der Waals surface area (Å²) < 4.78 is 7.96. The second-order valence-corrected chi connectivity index (χ2v) is 6.29. The SMILES string of the molecule is CC(C)Cn1ncnc1CC(NN)C1(C)CCCCO1. The Hall–Kier alpha value is -0.980. The number of rotatable bonds is 6. The molecule has 2 unspecified atom stereocenters. The van der Waals surface area contributed by atoms with E-state index in [4.69, 9.17) is 10.6 Å². The highest BCUT2D eigenvalue weighted by Crippen LogP contribution is 2.29. The number of nitrogens with two attached hydrogens (primary N) is 1. The molecule has 20 heavy (non-hydrogen) atoms. The lowest BCUT2D eigenvalue weighted by atomic mass is 9.86. The number of hydrogen-bond acceptors (Lipinski definition) is 5. The van der Waals surface area contributed by atoms with E-state index in [1.807, 2.05) is 4.68 Å². The van der Waals surface area contributed by atoms with Gasteiger partial charge in [-0.2, -0.15) is 5.10 Å². The van der Waals surface area contributed by atoms with Crippen molar-refractivity contribution in [2.75, 3.05) is 6.61 Å². The minimum absolute atomic E-state index is 0.0536. The summed E-state index contributed by atoms with van der Waals surface area (Å²) in [5, 5.41) is 4.31. The zero-order chi connectivity index (χ0) is 14.6. The van der Waals surface area contributed by atoms with Crippen LogP contribution in [0.2, 0.25) is 0 Å². The predicted octanol–water partition coefficient (Wildman–Crippen LogP) is 1.27. The number of aromatic nitrogens is 3. The van der Waals surface area contributed by atoms with E-state index in [9.17, 15) is 0 Å². The van der Waals surface area contributed by atoms with E-state index in [-0.39, 0.29) is 11.6 Å². The minimum Gasteiger partial charge on any atom is -0.374 e. The molecule has 0 amide bonds. The Balaban J connectivity index is 2.08. The molecule has 1 aliphatic rings. The molecule has 1 aromatic heterocycles. The van der Waals surface area contributed by atoms with Crippen molar-refractivity contribution < 1.29 is 4.74 Å². The highest BCUT2D eigenvalue weighted by atomic mass is 16.5. The fourth-order valence-corrected chi connectivity index (χ4v) is 2.81. The first kappa shape index (κ1) is 15.4. The van der Waals surface area contributed by atoms with Crippen molar-refractivity contribution in [3.05, 3.63) is 12.2 Å². The topological polar surface area (TPSA) is 78.0 Å². The number of ether oxygens (including phenoxy) is 1. The van der Waals surface area contributed by atoms with Crippen molar-refractivity contribution in [1.82, 2.24) is 20.2 Å². The summed E-state index contributed by atoms with van der Waals surface area (Å²) in [6.07, 6.45) is 5.71. The molecule has 1 aromatic rings. The van der Waals surface area contributed by atoms with Gasteiger partial charge in [0.15, 0.2) is 0 Å². The largest absolute Gasteiger partial charge is 0.374 e. The number of nitrogens with one attached hydrogen (secondary N) is 1. The lowest BCUT2D eigenvalue weighted by molar-refractivity contribution is -0.0889. The van der Waals surface area contributed by atoms with Gasteiger partial charge in [0.05, 0.1) is 11.6 Å². The molecule has 114 valence electrons. The van der Waals surface area contributed by atoms with E-state index >= 15 is 0 Å². The van der Waals surface area contributed by atoms with Gasteiger partial charge >= 0.3 is 0 Å². The van der Waals surface area contributed by atoms with Crippen LogP contribution in [0.5, 0.6) is 0 Å². The lowest BCUT2D eigenvalue weighted by Gasteiger charge is -2.40. The van der Waals surface area contributed by atoms with E-state index in [0.717, 1.165) is 38.2 Å². The Kier molecular flexibility index (Phi) is 5.12. The lowest BCUT2D eigenvalue weighted by Crippen LogP contribution is -2.55. The van der Waals surface area contributed by atoms with E-state index < -0.39 is 0 Å². The molecule has 6 heteroatoms. The molecule has 3 N–H and O–H groups in total. The quantitative estimate of drug-likeness (QED) is 0.606. The Morgan fingerprint density at radius 3 is 2.90 bits per heavy atom. The fraction of sp³-hybridized carbons (Fsp3) is 0.857. The first-order chi connectivity index (χ1) is 9.55. The van der Waals surface area contributed by atoms with E-state index in [1.165, 1.54) is 6.42 Å². The summed E-state index contributed by atoms with van der Waals surface area (Å²) in [6, 6.07) is 0.0536. The highest BCUT2D eigenvalue weighted by Gasteiger charge is 2.37. The van der Waals surface area contributed by atoms with Crippen LogP contribution in [0.15, 0.2) is 6.33 Å². The van der Waals surface area contributed by atoms with Gasteiger partial charge in [-0.3, -0.25) is 11.3 Å². The van der Waals surface area contributed by atoms with Gasteiger partial charge in [0.1, 0.15) is 12.2 Å². The van der Waals surface area contributed by atoms with Crippen LogP contribution in [0, 0.1) is 5.92 Å². The van der Waals surface area contributed by atoms with Crippen molar-refractivity contribution in [1.29, 1.82) is 0 Å². The molecule has 2 heterocycles. The summed E-state index contributed by atoms with van der Waals surface area (Å²) in [4.78, 5) is 4.38. The van der Waals surface area contributed by atoms with E-state index in [2.05, 4.69) is 36.3 Å². The third kappa shape index (κ3) is 3.56. The van der Waals surface area contributed by atoms with Crippen LogP contribution in [-0.4, -0.2) is 33.0 Å². The van der Waals surface area contributed by atoms with E-state index in [1.54, 1.807) is 6.33 Å². The van der Waals surface area contributed by atoms with Crippen molar-refractivity contribution in [2.45, 2.75) is 64.6 Å². The third-order valence-corrected chi connectivity index (χ3v) is 4.06.